The molecule has 1 atom stereocenters. The van der Waals surface area contributed by atoms with Gasteiger partial charge in [-0.3, -0.25) is 4.79 Å². The first-order valence-electron chi connectivity index (χ1n) is 8.65. The monoisotopic (exact) mass is 357 g/mol. The zero-order valence-electron chi connectivity index (χ0n) is 15.1. The van der Waals surface area contributed by atoms with E-state index in [0.29, 0.717) is 24.7 Å². The van der Waals surface area contributed by atoms with Gasteiger partial charge in [0, 0.05) is 12.6 Å². The molecule has 1 amide bonds. The molecule has 1 aromatic carbocycles. The summed E-state index contributed by atoms with van der Waals surface area (Å²) in [5.74, 6) is 1.83. The second-order valence-electron chi connectivity index (χ2n) is 6.20. The van der Waals surface area contributed by atoms with Gasteiger partial charge < -0.3 is 19.1 Å². The van der Waals surface area contributed by atoms with E-state index >= 15 is 0 Å². The molecule has 1 aliphatic rings. The van der Waals surface area contributed by atoms with Crippen molar-refractivity contribution in [3.8, 4) is 17.4 Å². The van der Waals surface area contributed by atoms with Crippen molar-refractivity contribution in [3.63, 3.8) is 0 Å². The standard InChI is InChI=1S/C19H23N3O4/c1-14-5-10-18(21-20-14)26-17-4-3-11-22(12-17)19(23)13-25-16-8-6-15(24-2)7-9-16/h5-10,17H,3-4,11-13H2,1-2H3. The Morgan fingerprint density at radius 3 is 2.62 bits per heavy atom. The van der Waals surface area contributed by atoms with E-state index in [4.69, 9.17) is 14.2 Å². The summed E-state index contributed by atoms with van der Waals surface area (Å²) in [5, 5.41) is 8.01. The molecule has 0 spiro atoms. The van der Waals surface area contributed by atoms with E-state index in [0.717, 1.165) is 24.3 Å². The Hall–Kier alpha value is -2.83. The van der Waals surface area contributed by atoms with E-state index in [-0.39, 0.29) is 18.6 Å². The number of carbonyl (C=O) groups excluding carboxylic acids is 1. The van der Waals surface area contributed by atoms with Gasteiger partial charge in [0.1, 0.15) is 17.6 Å². The lowest BCUT2D eigenvalue weighted by atomic mass is 10.1. The van der Waals surface area contributed by atoms with Crippen LogP contribution in [0.3, 0.4) is 0 Å². The number of nitrogens with zero attached hydrogens (tertiary/aromatic N) is 3. The van der Waals surface area contributed by atoms with Crippen LogP contribution >= 0.6 is 0 Å². The number of methoxy groups -OCH3 is 1. The number of hydrogen-bond acceptors (Lipinski definition) is 6. The first-order chi connectivity index (χ1) is 12.6. The Balaban J connectivity index is 1.49. The normalized spacial score (nSPS) is 16.8. The van der Waals surface area contributed by atoms with E-state index in [1.165, 1.54) is 0 Å². The molecule has 0 N–H and O–H groups in total. The van der Waals surface area contributed by atoms with Gasteiger partial charge in [-0.1, -0.05) is 0 Å². The number of benzene rings is 1. The molecule has 1 unspecified atom stereocenters. The van der Waals surface area contributed by atoms with Crippen LogP contribution in [0.5, 0.6) is 17.4 Å². The minimum Gasteiger partial charge on any atom is -0.497 e. The maximum absolute atomic E-state index is 12.4. The van der Waals surface area contributed by atoms with Gasteiger partial charge in [0.2, 0.25) is 5.88 Å². The van der Waals surface area contributed by atoms with Gasteiger partial charge in [-0.05, 0) is 50.1 Å². The predicted octanol–water partition coefficient (Wildman–Crippen LogP) is 2.24. The minimum absolute atomic E-state index is 0.00336. The Labute approximate surface area is 152 Å². The summed E-state index contributed by atoms with van der Waals surface area (Å²) >= 11 is 0. The summed E-state index contributed by atoms with van der Waals surface area (Å²) in [5.41, 5.74) is 0.841. The fourth-order valence-electron chi connectivity index (χ4n) is 2.79. The number of aromatic nitrogens is 2. The van der Waals surface area contributed by atoms with Crippen LogP contribution in [0, 0.1) is 6.92 Å². The van der Waals surface area contributed by atoms with Crippen LogP contribution in [0.25, 0.3) is 0 Å². The largest absolute Gasteiger partial charge is 0.497 e. The Morgan fingerprint density at radius 2 is 1.92 bits per heavy atom. The number of aryl methyl sites for hydroxylation is 1. The number of hydrogen-bond donors (Lipinski definition) is 0. The van der Waals surface area contributed by atoms with Crippen LogP contribution in [0.2, 0.25) is 0 Å². The molecule has 7 heteroatoms. The number of rotatable bonds is 6. The molecule has 1 aliphatic heterocycles. The zero-order chi connectivity index (χ0) is 18.4. The first-order valence-corrected chi connectivity index (χ1v) is 8.65. The quantitative estimate of drug-likeness (QED) is 0.789. The van der Waals surface area contributed by atoms with Crippen molar-refractivity contribution in [2.24, 2.45) is 0 Å². The highest BCUT2D eigenvalue weighted by Crippen LogP contribution is 2.19. The van der Waals surface area contributed by atoms with Crippen LogP contribution in [0.1, 0.15) is 18.5 Å². The fraction of sp³-hybridized carbons (Fsp3) is 0.421. The number of amides is 1. The van der Waals surface area contributed by atoms with E-state index in [2.05, 4.69) is 10.2 Å². The highest BCUT2D eigenvalue weighted by Gasteiger charge is 2.25. The van der Waals surface area contributed by atoms with Crippen molar-refractivity contribution in [3.05, 3.63) is 42.1 Å². The van der Waals surface area contributed by atoms with Gasteiger partial charge in [0.15, 0.2) is 6.61 Å². The summed E-state index contributed by atoms with van der Waals surface area (Å²) in [6.45, 7) is 3.12. The second kappa shape index (κ2) is 8.51. The Bertz CT molecular complexity index is 719. The summed E-state index contributed by atoms with van der Waals surface area (Å²) in [6, 6.07) is 10.8. The van der Waals surface area contributed by atoms with Gasteiger partial charge in [-0.15, -0.1) is 5.10 Å². The zero-order valence-corrected chi connectivity index (χ0v) is 15.1. The van der Waals surface area contributed by atoms with Gasteiger partial charge in [-0.2, -0.15) is 5.10 Å². The SMILES string of the molecule is COc1ccc(OCC(=O)N2CCCC(Oc3ccc(C)nn3)C2)cc1. The van der Waals surface area contributed by atoms with Gasteiger partial charge >= 0.3 is 0 Å². The van der Waals surface area contributed by atoms with Crippen molar-refractivity contribution in [2.45, 2.75) is 25.9 Å². The molecule has 7 nitrogen and oxygen atoms in total. The molecule has 1 aromatic heterocycles. The molecule has 0 radical (unpaired) electrons. The number of carbonyl (C=O) groups is 1. The van der Waals surface area contributed by atoms with E-state index in [9.17, 15) is 4.79 Å². The third-order valence-corrected chi connectivity index (χ3v) is 4.21. The highest BCUT2D eigenvalue weighted by molar-refractivity contribution is 5.77. The van der Waals surface area contributed by atoms with Crippen LogP contribution < -0.4 is 14.2 Å². The Kier molecular flexibility index (Phi) is 5.88. The molecule has 2 aromatic rings. The summed E-state index contributed by atoms with van der Waals surface area (Å²) in [4.78, 5) is 14.2. The van der Waals surface area contributed by atoms with E-state index in [1.54, 1.807) is 42.3 Å². The lowest BCUT2D eigenvalue weighted by Crippen LogP contribution is -2.46. The number of likely N-dealkylation sites (tertiary alicyclic amines) is 1. The third kappa shape index (κ3) is 4.84. The molecule has 2 heterocycles. The molecule has 3 rings (SSSR count). The first kappa shape index (κ1) is 18.0. The molecule has 0 aliphatic carbocycles. The molecule has 1 fully saturated rings. The fourth-order valence-corrected chi connectivity index (χ4v) is 2.79. The molecular weight excluding hydrogens is 334 g/mol. The van der Waals surface area contributed by atoms with Crippen LogP contribution in [0.4, 0.5) is 0 Å². The summed E-state index contributed by atoms with van der Waals surface area (Å²) in [6.07, 6.45) is 1.70. The highest BCUT2D eigenvalue weighted by atomic mass is 16.5. The summed E-state index contributed by atoms with van der Waals surface area (Å²) in [7, 11) is 1.61. The molecule has 1 saturated heterocycles. The number of piperidine rings is 1. The average Bonchev–Trinajstić information content (AvgIpc) is 2.68. The van der Waals surface area contributed by atoms with Crippen LogP contribution in [-0.2, 0) is 4.79 Å². The topological polar surface area (TPSA) is 73.8 Å². The van der Waals surface area contributed by atoms with Crippen molar-refractivity contribution in [1.29, 1.82) is 0 Å². The molecule has 0 bridgehead atoms. The molecular formula is C19H23N3O4. The number of ether oxygens (including phenoxy) is 3. The van der Waals surface area contributed by atoms with Gasteiger partial charge in [-0.25, -0.2) is 0 Å². The van der Waals surface area contributed by atoms with E-state index in [1.807, 2.05) is 13.0 Å². The van der Waals surface area contributed by atoms with Crippen molar-refractivity contribution < 1.29 is 19.0 Å². The maximum atomic E-state index is 12.4. The average molecular weight is 357 g/mol. The van der Waals surface area contributed by atoms with E-state index < -0.39 is 0 Å². The second-order valence-corrected chi connectivity index (χ2v) is 6.20. The molecule has 0 saturated carbocycles. The lowest BCUT2D eigenvalue weighted by molar-refractivity contribution is -0.136. The third-order valence-electron chi connectivity index (χ3n) is 4.21. The minimum atomic E-state index is -0.0781. The molecule has 138 valence electrons. The predicted molar refractivity (Wildman–Crippen MR) is 95.5 cm³/mol. The van der Waals surface area contributed by atoms with Gasteiger partial charge in [0.05, 0.1) is 19.3 Å². The molecule has 26 heavy (non-hydrogen) atoms. The summed E-state index contributed by atoms with van der Waals surface area (Å²) < 4.78 is 16.5. The lowest BCUT2D eigenvalue weighted by Gasteiger charge is -2.32. The van der Waals surface area contributed by atoms with Crippen LogP contribution in [-0.4, -0.2) is 53.9 Å². The smallest absolute Gasteiger partial charge is 0.260 e. The van der Waals surface area contributed by atoms with Gasteiger partial charge in [0.25, 0.3) is 5.91 Å². The Morgan fingerprint density at radius 1 is 1.15 bits per heavy atom. The maximum Gasteiger partial charge on any atom is 0.260 e. The van der Waals surface area contributed by atoms with Crippen LogP contribution in [0.15, 0.2) is 36.4 Å². The van der Waals surface area contributed by atoms with Crippen molar-refractivity contribution >= 4 is 5.91 Å². The van der Waals surface area contributed by atoms with Crippen molar-refractivity contribution in [2.75, 3.05) is 26.8 Å². The van der Waals surface area contributed by atoms with Crippen molar-refractivity contribution in [1.82, 2.24) is 15.1 Å².